The highest BCUT2D eigenvalue weighted by molar-refractivity contribution is 5.64. The SMILES string of the molecule is O=C/C=C/C(O)CCc1ccccc1. The number of carbonyl (C=O) groups excluding carboxylic acids is 1. The van der Waals surface area contributed by atoms with Gasteiger partial charge in [0, 0.05) is 0 Å². The van der Waals surface area contributed by atoms with Crippen LogP contribution in [0.2, 0.25) is 0 Å². The molecule has 0 saturated heterocycles. The van der Waals surface area contributed by atoms with Crippen LogP contribution in [-0.4, -0.2) is 17.5 Å². The molecule has 0 aliphatic carbocycles. The first-order valence-corrected chi connectivity index (χ1v) is 4.67. The molecule has 1 N–H and O–H groups in total. The highest BCUT2D eigenvalue weighted by atomic mass is 16.3. The molecule has 1 rings (SSSR count). The summed E-state index contributed by atoms with van der Waals surface area (Å²) in [7, 11) is 0. The predicted octanol–water partition coefficient (Wildman–Crippen LogP) is 1.74. The van der Waals surface area contributed by atoms with E-state index in [0.29, 0.717) is 12.7 Å². The van der Waals surface area contributed by atoms with E-state index in [2.05, 4.69) is 0 Å². The molecule has 0 aromatic heterocycles. The molecule has 0 heterocycles. The van der Waals surface area contributed by atoms with Gasteiger partial charge in [0.1, 0.15) is 6.29 Å². The monoisotopic (exact) mass is 190 g/mol. The summed E-state index contributed by atoms with van der Waals surface area (Å²) in [6.45, 7) is 0. The van der Waals surface area contributed by atoms with Crippen LogP contribution in [0.5, 0.6) is 0 Å². The van der Waals surface area contributed by atoms with Crippen molar-refractivity contribution in [2.24, 2.45) is 0 Å². The molecule has 0 fully saturated rings. The van der Waals surface area contributed by atoms with Gasteiger partial charge in [-0.1, -0.05) is 36.4 Å². The zero-order chi connectivity index (χ0) is 10.2. The molecule has 0 radical (unpaired) electrons. The molecule has 2 nitrogen and oxygen atoms in total. The van der Waals surface area contributed by atoms with Crippen molar-refractivity contribution in [3.63, 3.8) is 0 Å². The second-order valence-electron chi connectivity index (χ2n) is 3.11. The molecule has 14 heavy (non-hydrogen) atoms. The van der Waals surface area contributed by atoms with Crippen molar-refractivity contribution in [3.05, 3.63) is 48.0 Å². The molecule has 0 amide bonds. The Morgan fingerprint density at radius 3 is 2.64 bits per heavy atom. The number of hydrogen-bond acceptors (Lipinski definition) is 2. The van der Waals surface area contributed by atoms with E-state index in [0.717, 1.165) is 6.42 Å². The first kappa shape index (κ1) is 10.7. The largest absolute Gasteiger partial charge is 0.389 e. The van der Waals surface area contributed by atoms with Gasteiger partial charge in [-0.05, 0) is 24.5 Å². The second kappa shape index (κ2) is 6.11. The van der Waals surface area contributed by atoms with Crippen molar-refractivity contribution in [2.75, 3.05) is 0 Å². The highest BCUT2D eigenvalue weighted by Crippen LogP contribution is 2.05. The number of carbonyl (C=O) groups is 1. The first-order chi connectivity index (χ1) is 6.83. The van der Waals surface area contributed by atoms with Crippen LogP contribution in [0.1, 0.15) is 12.0 Å². The molecule has 0 aliphatic rings. The first-order valence-electron chi connectivity index (χ1n) is 4.67. The number of benzene rings is 1. The minimum absolute atomic E-state index is 0.527. The van der Waals surface area contributed by atoms with Gasteiger partial charge in [0.05, 0.1) is 6.10 Å². The van der Waals surface area contributed by atoms with E-state index in [4.69, 9.17) is 0 Å². The summed E-state index contributed by atoms with van der Waals surface area (Å²) in [6.07, 6.45) is 4.46. The molecule has 0 bridgehead atoms. The molecule has 1 aromatic carbocycles. The van der Waals surface area contributed by atoms with E-state index in [-0.39, 0.29) is 0 Å². The number of aliphatic hydroxyl groups excluding tert-OH is 1. The van der Waals surface area contributed by atoms with E-state index >= 15 is 0 Å². The molecular formula is C12H14O2. The van der Waals surface area contributed by atoms with Crippen LogP contribution in [0.3, 0.4) is 0 Å². The van der Waals surface area contributed by atoms with Gasteiger partial charge in [0.15, 0.2) is 0 Å². The Labute approximate surface area is 83.9 Å². The number of aliphatic hydroxyl groups is 1. The van der Waals surface area contributed by atoms with Crippen LogP contribution < -0.4 is 0 Å². The maximum absolute atomic E-state index is 9.99. The van der Waals surface area contributed by atoms with Crippen molar-refractivity contribution in [2.45, 2.75) is 18.9 Å². The van der Waals surface area contributed by atoms with Crippen molar-refractivity contribution in [1.82, 2.24) is 0 Å². The molecule has 0 saturated carbocycles. The Balaban J connectivity index is 2.34. The topological polar surface area (TPSA) is 37.3 Å². The maximum atomic E-state index is 9.99. The lowest BCUT2D eigenvalue weighted by molar-refractivity contribution is -0.104. The predicted molar refractivity (Wildman–Crippen MR) is 56.0 cm³/mol. The van der Waals surface area contributed by atoms with Crippen LogP contribution in [0.25, 0.3) is 0 Å². The minimum Gasteiger partial charge on any atom is -0.389 e. The van der Waals surface area contributed by atoms with Gasteiger partial charge in [0.2, 0.25) is 0 Å². The van der Waals surface area contributed by atoms with Crippen LogP contribution in [0, 0.1) is 0 Å². The van der Waals surface area contributed by atoms with Crippen molar-refractivity contribution >= 4 is 6.29 Å². The third-order valence-corrected chi connectivity index (χ3v) is 1.98. The van der Waals surface area contributed by atoms with Crippen LogP contribution in [0.15, 0.2) is 42.5 Å². The van der Waals surface area contributed by atoms with E-state index < -0.39 is 6.10 Å². The Bertz CT molecular complexity index is 290. The normalized spacial score (nSPS) is 12.9. The molecular weight excluding hydrogens is 176 g/mol. The summed E-state index contributed by atoms with van der Waals surface area (Å²) >= 11 is 0. The summed E-state index contributed by atoms with van der Waals surface area (Å²) in [5.41, 5.74) is 1.20. The fourth-order valence-corrected chi connectivity index (χ4v) is 1.23. The third kappa shape index (κ3) is 4.01. The molecule has 2 heteroatoms. The van der Waals surface area contributed by atoms with Crippen molar-refractivity contribution in [3.8, 4) is 0 Å². The Morgan fingerprint density at radius 2 is 2.00 bits per heavy atom. The van der Waals surface area contributed by atoms with E-state index in [9.17, 15) is 9.90 Å². The molecule has 0 spiro atoms. The van der Waals surface area contributed by atoms with Crippen LogP contribution in [-0.2, 0) is 11.2 Å². The fraction of sp³-hybridized carbons (Fsp3) is 0.250. The van der Waals surface area contributed by atoms with Gasteiger partial charge < -0.3 is 5.11 Å². The maximum Gasteiger partial charge on any atom is 0.142 e. The lowest BCUT2D eigenvalue weighted by atomic mass is 10.1. The summed E-state index contributed by atoms with van der Waals surface area (Å²) in [6, 6.07) is 9.96. The standard InChI is InChI=1S/C12H14O2/c13-10-4-7-12(14)9-8-11-5-2-1-3-6-11/h1-7,10,12,14H,8-9H2/b7-4+. The molecule has 0 aliphatic heterocycles. The molecule has 1 aromatic rings. The van der Waals surface area contributed by atoms with E-state index in [1.807, 2.05) is 30.3 Å². The zero-order valence-electron chi connectivity index (χ0n) is 7.97. The average Bonchev–Trinajstić information content (AvgIpc) is 2.25. The smallest absolute Gasteiger partial charge is 0.142 e. The van der Waals surface area contributed by atoms with Crippen molar-refractivity contribution < 1.29 is 9.90 Å². The van der Waals surface area contributed by atoms with E-state index in [1.54, 1.807) is 0 Å². The van der Waals surface area contributed by atoms with Crippen LogP contribution in [0.4, 0.5) is 0 Å². The second-order valence-corrected chi connectivity index (χ2v) is 3.11. The Morgan fingerprint density at radius 1 is 1.29 bits per heavy atom. The number of rotatable bonds is 5. The van der Waals surface area contributed by atoms with Gasteiger partial charge in [-0.25, -0.2) is 0 Å². The molecule has 1 atom stereocenters. The zero-order valence-corrected chi connectivity index (χ0v) is 7.97. The molecule has 74 valence electrons. The van der Waals surface area contributed by atoms with Gasteiger partial charge in [-0.15, -0.1) is 0 Å². The summed E-state index contributed by atoms with van der Waals surface area (Å²) in [5, 5.41) is 9.40. The van der Waals surface area contributed by atoms with Gasteiger partial charge in [-0.2, -0.15) is 0 Å². The third-order valence-electron chi connectivity index (χ3n) is 1.98. The summed E-state index contributed by atoms with van der Waals surface area (Å²) in [4.78, 5) is 9.99. The summed E-state index contributed by atoms with van der Waals surface area (Å²) < 4.78 is 0. The number of aryl methyl sites for hydroxylation is 1. The van der Waals surface area contributed by atoms with Crippen LogP contribution >= 0.6 is 0 Å². The minimum atomic E-state index is -0.527. The Hall–Kier alpha value is -1.41. The number of hydrogen-bond donors (Lipinski definition) is 1. The van der Waals surface area contributed by atoms with Gasteiger partial charge >= 0.3 is 0 Å². The van der Waals surface area contributed by atoms with Crippen molar-refractivity contribution in [1.29, 1.82) is 0 Å². The van der Waals surface area contributed by atoms with Gasteiger partial charge in [-0.3, -0.25) is 4.79 Å². The molecule has 1 unspecified atom stereocenters. The highest BCUT2D eigenvalue weighted by Gasteiger charge is 1.99. The lowest BCUT2D eigenvalue weighted by Crippen LogP contribution is -2.03. The lowest BCUT2D eigenvalue weighted by Gasteiger charge is -2.04. The quantitative estimate of drug-likeness (QED) is 0.567. The fourth-order valence-electron chi connectivity index (χ4n) is 1.23. The Kier molecular flexibility index (Phi) is 4.65. The average molecular weight is 190 g/mol. The number of aldehydes is 1. The van der Waals surface area contributed by atoms with Gasteiger partial charge in [0.25, 0.3) is 0 Å². The van der Waals surface area contributed by atoms with E-state index in [1.165, 1.54) is 17.7 Å². The number of allylic oxidation sites excluding steroid dienone is 1. The summed E-state index contributed by atoms with van der Waals surface area (Å²) in [5.74, 6) is 0.